The number of carbonyl (C=O) groups excluding carboxylic acids is 1. The van der Waals surface area contributed by atoms with Gasteiger partial charge in [0.1, 0.15) is 35.5 Å². The highest BCUT2D eigenvalue weighted by Gasteiger charge is 2.12. The van der Waals surface area contributed by atoms with Crippen molar-refractivity contribution in [3.8, 4) is 23.3 Å². The molecule has 0 aliphatic rings. The second-order valence-electron chi connectivity index (χ2n) is 7.50. The van der Waals surface area contributed by atoms with Crippen molar-refractivity contribution in [1.29, 1.82) is 5.26 Å². The number of benzene rings is 3. The quantitative estimate of drug-likeness (QED) is 0.294. The third-order valence-electron chi connectivity index (χ3n) is 5.04. The molecule has 0 aromatic heterocycles. The Labute approximate surface area is 207 Å². The van der Waals surface area contributed by atoms with Crippen molar-refractivity contribution in [3.63, 3.8) is 0 Å². The molecule has 174 valence electrons. The van der Waals surface area contributed by atoms with E-state index in [4.69, 9.17) is 14.2 Å². The average molecular weight is 521 g/mol. The lowest BCUT2D eigenvalue weighted by Gasteiger charge is -2.11. The fourth-order valence-electron chi connectivity index (χ4n) is 3.27. The Morgan fingerprint density at radius 1 is 1.06 bits per heavy atom. The molecule has 3 rings (SSSR count). The molecule has 0 saturated heterocycles. The van der Waals surface area contributed by atoms with Crippen LogP contribution in [0.5, 0.6) is 17.2 Å². The summed E-state index contributed by atoms with van der Waals surface area (Å²) in [4.78, 5) is 12.6. The first kappa shape index (κ1) is 24.9. The van der Waals surface area contributed by atoms with E-state index in [1.807, 2.05) is 37.3 Å². The summed E-state index contributed by atoms with van der Waals surface area (Å²) < 4.78 is 17.2. The molecule has 0 aliphatic heterocycles. The summed E-state index contributed by atoms with van der Waals surface area (Å²) in [6.45, 7) is 2.69. The number of methoxy groups -OCH3 is 2. The largest absolute Gasteiger partial charge is 0.497 e. The summed E-state index contributed by atoms with van der Waals surface area (Å²) in [6.07, 6.45) is 1.54. The molecule has 7 heteroatoms. The van der Waals surface area contributed by atoms with Crippen LogP contribution in [0, 0.1) is 18.3 Å². The van der Waals surface area contributed by atoms with E-state index in [1.165, 1.54) is 11.6 Å². The van der Waals surface area contributed by atoms with Gasteiger partial charge < -0.3 is 19.5 Å². The molecule has 0 radical (unpaired) electrons. The fourth-order valence-corrected chi connectivity index (χ4v) is 3.78. The molecule has 0 fully saturated rings. The van der Waals surface area contributed by atoms with Crippen LogP contribution in [0.1, 0.15) is 22.3 Å². The SMILES string of the molecule is COc1ccc(CNC(=O)/C(C#N)=C/c2ccc(OCc3cccc(C)c3)c(Br)c2)c(OC)c1. The van der Waals surface area contributed by atoms with E-state index in [9.17, 15) is 10.1 Å². The Hall–Kier alpha value is -3.76. The maximum Gasteiger partial charge on any atom is 0.262 e. The number of nitrogens with one attached hydrogen (secondary N) is 1. The van der Waals surface area contributed by atoms with E-state index in [0.29, 0.717) is 29.4 Å². The van der Waals surface area contributed by atoms with Crippen LogP contribution in [0.25, 0.3) is 6.08 Å². The van der Waals surface area contributed by atoms with Gasteiger partial charge in [-0.1, -0.05) is 35.9 Å². The zero-order chi connectivity index (χ0) is 24.5. The summed E-state index contributed by atoms with van der Waals surface area (Å²) in [7, 11) is 3.12. The van der Waals surface area contributed by atoms with Gasteiger partial charge in [-0.15, -0.1) is 0 Å². The number of aryl methyl sites for hydroxylation is 1. The van der Waals surface area contributed by atoms with Gasteiger partial charge >= 0.3 is 0 Å². The number of amides is 1. The lowest BCUT2D eigenvalue weighted by Crippen LogP contribution is -2.24. The third-order valence-corrected chi connectivity index (χ3v) is 5.66. The molecule has 0 atom stereocenters. The number of nitriles is 1. The monoisotopic (exact) mass is 520 g/mol. The van der Waals surface area contributed by atoms with Crippen molar-refractivity contribution in [2.75, 3.05) is 14.2 Å². The Balaban J connectivity index is 1.66. The summed E-state index contributed by atoms with van der Waals surface area (Å²) in [5.41, 5.74) is 3.71. The number of ether oxygens (including phenoxy) is 3. The van der Waals surface area contributed by atoms with Crippen LogP contribution in [0.4, 0.5) is 0 Å². The normalized spacial score (nSPS) is 10.9. The van der Waals surface area contributed by atoms with Crippen LogP contribution in [0.15, 0.2) is 70.7 Å². The fraction of sp³-hybridized carbons (Fsp3) is 0.185. The van der Waals surface area contributed by atoms with Crippen molar-refractivity contribution >= 4 is 27.9 Å². The van der Waals surface area contributed by atoms with E-state index in [2.05, 4.69) is 27.3 Å². The van der Waals surface area contributed by atoms with E-state index in [0.717, 1.165) is 15.6 Å². The molecule has 0 bridgehead atoms. The van der Waals surface area contributed by atoms with Crippen molar-refractivity contribution < 1.29 is 19.0 Å². The number of nitrogens with zero attached hydrogens (tertiary/aromatic N) is 1. The van der Waals surface area contributed by atoms with Gasteiger partial charge in [0.05, 0.1) is 18.7 Å². The first-order chi connectivity index (χ1) is 16.4. The molecular weight excluding hydrogens is 496 g/mol. The van der Waals surface area contributed by atoms with Crippen LogP contribution in [-0.4, -0.2) is 20.1 Å². The van der Waals surface area contributed by atoms with Gasteiger partial charge in [0.25, 0.3) is 5.91 Å². The van der Waals surface area contributed by atoms with E-state index >= 15 is 0 Å². The van der Waals surface area contributed by atoms with Crippen molar-refractivity contribution in [2.24, 2.45) is 0 Å². The summed E-state index contributed by atoms with van der Waals surface area (Å²) >= 11 is 3.51. The Morgan fingerprint density at radius 3 is 2.56 bits per heavy atom. The first-order valence-electron chi connectivity index (χ1n) is 10.5. The van der Waals surface area contributed by atoms with Crippen molar-refractivity contribution in [1.82, 2.24) is 5.32 Å². The first-order valence-corrected chi connectivity index (χ1v) is 11.3. The number of halogens is 1. The van der Waals surface area contributed by atoms with Crippen molar-refractivity contribution in [3.05, 3.63) is 93.0 Å². The minimum absolute atomic E-state index is 0.00666. The molecule has 3 aromatic rings. The molecule has 0 aliphatic carbocycles. The smallest absolute Gasteiger partial charge is 0.262 e. The number of hydrogen-bond acceptors (Lipinski definition) is 5. The van der Waals surface area contributed by atoms with Crippen LogP contribution in [0.2, 0.25) is 0 Å². The standard InChI is InChI=1S/C27H25BrN2O4/c1-18-5-4-6-20(11-18)17-34-25-10-7-19(13-24(25)28)12-22(15-29)27(31)30-16-21-8-9-23(32-2)14-26(21)33-3/h4-14H,16-17H2,1-3H3,(H,30,31)/b22-12+. The summed E-state index contributed by atoms with van der Waals surface area (Å²) in [6, 6.07) is 20.8. The molecule has 34 heavy (non-hydrogen) atoms. The Morgan fingerprint density at radius 2 is 1.88 bits per heavy atom. The van der Waals surface area contributed by atoms with E-state index in [1.54, 1.807) is 44.6 Å². The van der Waals surface area contributed by atoms with Gasteiger partial charge in [-0.2, -0.15) is 5.26 Å². The van der Waals surface area contributed by atoms with Gasteiger partial charge in [0.2, 0.25) is 0 Å². The summed E-state index contributed by atoms with van der Waals surface area (Å²) in [5, 5.41) is 12.3. The molecule has 0 spiro atoms. The second kappa shape index (κ2) is 11.9. The maximum atomic E-state index is 12.6. The molecule has 1 amide bonds. The Kier molecular flexibility index (Phi) is 8.72. The molecule has 0 unspecified atom stereocenters. The minimum atomic E-state index is -0.476. The third kappa shape index (κ3) is 6.63. The maximum absolute atomic E-state index is 12.6. The van der Waals surface area contributed by atoms with E-state index < -0.39 is 5.91 Å². The number of carbonyl (C=O) groups is 1. The molecule has 0 heterocycles. The lowest BCUT2D eigenvalue weighted by atomic mass is 10.1. The zero-order valence-electron chi connectivity index (χ0n) is 19.2. The highest BCUT2D eigenvalue weighted by atomic mass is 79.9. The number of rotatable bonds is 9. The van der Waals surface area contributed by atoms with Gasteiger partial charge in [0, 0.05) is 18.2 Å². The van der Waals surface area contributed by atoms with E-state index in [-0.39, 0.29) is 12.1 Å². The van der Waals surface area contributed by atoms with Gasteiger partial charge in [-0.3, -0.25) is 4.79 Å². The molecule has 6 nitrogen and oxygen atoms in total. The predicted molar refractivity (Wildman–Crippen MR) is 135 cm³/mol. The second-order valence-corrected chi connectivity index (χ2v) is 8.35. The zero-order valence-corrected chi connectivity index (χ0v) is 20.8. The van der Waals surface area contributed by atoms with Crippen LogP contribution in [-0.2, 0) is 17.9 Å². The van der Waals surface area contributed by atoms with Gasteiger partial charge in [-0.25, -0.2) is 0 Å². The Bertz CT molecular complexity index is 1250. The highest BCUT2D eigenvalue weighted by Crippen LogP contribution is 2.28. The highest BCUT2D eigenvalue weighted by molar-refractivity contribution is 9.10. The minimum Gasteiger partial charge on any atom is -0.497 e. The van der Waals surface area contributed by atoms with Gasteiger partial charge in [0.15, 0.2) is 0 Å². The predicted octanol–water partition coefficient (Wildman–Crippen LogP) is 5.58. The average Bonchev–Trinajstić information content (AvgIpc) is 2.85. The molecule has 3 aromatic carbocycles. The molecular formula is C27H25BrN2O4. The van der Waals surface area contributed by atoms with Crippen LogP contribution >= 0.6 is 15.9 Å². The van der Waals surface area contributed by atoms with Crippen LogP contribution in [0.3, 0.4) is 0 Å². The van der Waals surface area contributed by atoms with Crippen LogP contribution < -0.4 is 19.5 Å². The summed E-state index contributed by atoms with van der Waals surface area (Å²) in [5.74, 6) is 1.44. The molecule has 1 N–H and O–H groups in total. The van der Waals surface area contributed by atoms with Gasteiger partial charge in [-0.05, 0) is 64.3 Å². The topological polar surface area (TPSA) is 80.6 Å². The number of hydrogen-bond donors (Lipinski definition) is 1. The van der Waals surface area contributed by atoms with Crippen molar-refractivity contribution in [2.45, 2.75) is 20.1 Å². The lowest BCUT2D eigenvalue weighted by molar-refractivity contribution is -0.117. The molecule has 0 saturated carbocycles.